The lowest BCUT2D eigenvalue weighted by atomic mass is 10.1. The summed E-state index contributed by atoms with van der Waals surface area (Å²) in [5, 5.41) is 5.30. The Bertz CT molecular complexity index is 340. The van der Waals surface area contributed by atoms with Crippen LogP contribution in [0.1, 0.15) is 31.9 Å². The zero-order valence-electron chi connectivity index (χ0n) is 8.79. The molecule has 0 radical (unpaired) electrons. The number of rotatable bonds is 5. The van der Waals surface area contributed by atoms with Crippen LogP contribution in [0, 0.1) is 0 Å². The van der Waals surface area contributed by atoms with E-state index in [-0.39, 0.29) is 18.0 Å². The normalized spacial score (nSPS) is 14.9. The Labute approximate surface area is 98.6 Å². The van der Waals surface area contributed by atoms with Crippen LogP contribution >= 0.6 is 22.9 Å². The van der Waals surface area contributed by atoms with Crippen molar-refractivity contribution in [2.75, 3.05) is 0 Å². The third-order valence-electron chi connectivity index (χ3n) is 2.13. The van der Waals surface area contributed by atoms with Crippen LogP contribution in [0.2, 0.25) is 4.34 Å². The quantitative estimate of drug-likeness (QED) is 0.838. The third-order valence-corrected chi connectivity index (χ3v) is 3.24. The number of hydrogen-bond acceptors (Lipinski definition) is 3. The molecule has 15 heavy (non-hydrogen) atoms. The first kappa shape index (κ1) is 12.5. The van der Waals surface area contributed by atoms with Crippen molar-refractivity contribution >= 4 is 28.8 Å². The summed E-state index contributed by atoms with van der Waals surface area (Å²) in [6.07, 6.45) is 0.349. The maximum Gasteiger partial charge on any atom is 0.218 e. The van der Waals surface area contributed by atoms with Gasteiger partial charge in [-0.3, -0.25) is 4.79 Å². The van der Waals surface area contributed by atoms with Gasteiger partial charge in [0.15, 0.2) is 0 Å². The van der Waals surface area contributed by atoms with Crippen LogP contribution in [0.5, 0.6) is 0 Å². The molecule has 0 bridgehead atoms. The van der Waals surface area contributed by atoms with Gasteiger partial charge < -0.3 is 11.1 Å². The van der Waals surface area contributed by atoms with E-state index in [1.807, 2.05) is 25.3 Å². The van der Waals surface area contributed by atoms with Crippen molar-refractivity contribution in [1.29, 1.82) is 0 Å². The first-order chi connectivity index (χ1) is 6.99. The van der Waals surface area contributed by atoms with Gasteiger partial charge in [0.1, 0.15) is 0 Å². The van der Waals surface area contributed by atoms with Crippen LogP contribution in [0.3, 0.4) is 0 Å². The van der Waals surface area contributed by atoms with Gasteiger partial charge in [0.2, 0.25) is 5.91 Å². The Kier molecular flexibility index (Phi) is 4.57. The van der Waals surface area contributed by atoms with Crippen molar-refractivity contribution in [2.24, 2.45) is 5.73 Å². The molecule has 0 aromatic carbocycles. The fourth-order valence-corrected chi connectivity index (χ4v) is 2.42. The van der Waals surface area contributed by atoms with E-state index in [0.717, 1.165) is 9.90 Å². The highest BCUT2D eigenvalue weighted by molar-refractivity contribution is 7.14. The zero-order valence-corrected chi connectivity index (χ0v) is 10.4. The molecule has 2 unspecified atom stereocenters. The maximum absolute atomic E-state index is 10.7. The zero-order chi connectivity index (χ0) is 11.4. The minimum Gasteiger partial charge on any atom is -0.370 e. The van der Waals surface area contributed by atoms with Crippen molar-refractivity contribution in [2.45, 2.75) is 32.4 Å². The lowest BCUT2D eigenvalue weighted by Gasteiger charge is -2.17. The molecule has 84 valence electrons. The molecule has 0 spiro atoms. The van der Waals surface area contributed by atoms with Gasteiger partial charge in [0, 0.05) is 18.5 Å². The van der Waals surface area contributed by atoms with Crippen LogP contribution in [-0.4, -0.2) is 11.9 Å². The monoisotopic (exact) mass is 246 g/mol. The average Bonchev–Trinajstić information content (AvgIpc) is 2.49. The van der Waals surface area contributed by atoms with Crippen molar-refractivity contribution in [3.63, 3.8) is 0 Å². The van der Waals surface area contributed by atoms with E-state index in [9.17, 15) is 4.79 Å². The summed E-state index contributed by atoms with van der Waals surface area (Å²) in [7, 11) is 0. The number of nitrogens with two attached hydrogens (primary N) is 1. The summed E-state index contributed by atoms with van der Waals surface area (Å²) in [5.41, 5.74) is 6.25. The third kappa shape index (κ3) is 4.20. The second kappa shape index (κ2) is 5.49. The van der Waals surface area contributed by atoms with Crippen LogP contribution in [0.15, 0.2) is 11.4 Å². The van der Waals surface area contributed by atoms with E-state index < -0.39 is 0 Å². The Hall–Kier alpha value is -0.580. The van der Waals surface area contributed by atoms with E-state index >= 15 is 0 Å². The molecule has 3 N–H and O–H groups in total. The van der Waals surface area contributed by atoms with Gasteiger partial charge in [-0.1, -0.05) is 11.6 Å². The minimum absolute atomic E-state index is 0.0798. The Balaban J connectivity index is 2.48. The van der Waals surface area contributed by atoms with Gasteiger partial charge in [-0.05, 0) is 30.9 Å². The molecule has 3 nitrogen and oxygen atoms in total. The highest BCUT2D eigenvalue weighted by Crippen LogP contribution is 2.24. The molecule has 1 aromatic heterocycles. The summed E-state index contributed by atoms with van der Waals surface area (Å²) in [5.74, 6) is -0.287. The molecule has 1 aromatic rings. The topological polar surface area (TPSA) is 55.1 Å². The van der Waals surface area contributed by atoms with E-state index in [2.05, 4.69) is 5.32 Å². The van der Waals surface area contributed by atoms with E-state index in [0.29, 0.717) is 6.42 Å². The first-order valence-corrected chi connectivity index (χ1v) is 6.03. The molecule has 0 aliphatic rings. The summed E-state index contributed by atoms with van der Waals surface area (Å²) < 4.78 is 0.779. The number of halogens is 1. The van der Waals surface area contributed by atoms with Crippen molar-refractivity contribution in [3.8, 4) is 0 Å². The molecule has 5 heteroatoms. The Morgan fingerprint density at radius 1 is 1.67 bits per heavy atom. The Morgan fingerprint density at radius 3 is 2.80 bits per heavy atom. The van der Waals surface area contributed by atoms with Gasteiger partial charge in [0.05, 0.1) is 4.34 Å². The van der Waals surface area contributed by atoms with Crippen molar-refractivity contribution < 1.29 is 4.79 Å². The number of carbonyl (C=O) groups is 1. The number of hydrogen-bond donors (Lipinski definition) is 2. The van der Waals surface area contributed by atoms with E-state index in [1.165, 1.54) is 11.3 Å². The summed E-state index contributed by atoms with van der Waals surface area (Å²) >= 11 is 7.35. The highest BCUT2D eigenvalue weighted by atomic mass is 35.5. The van der Waals surface area contributed by atoms with Crippen LogP contribution < -0.4 is 11.1 Å². The fourth-order valence-electron chi connectivity index (χ4n) is 1.43. The lowest BCUT2D eigenvalue weighted by Crippen LogP contribution is -2.32. The largest absolute Gasteiger partial charge is 0.370 e. The number of primary amides is 1. The van der Waals surface area contributed by atoms with Gasteiger partial charge >= 0.3 is 0 Å². The van der Waals surface area contributed by atoms with E-state index in [1.54, 1.807) is 0 Å². The van der Waals surface area contributed by atoms with Gasteiger partial charge in [-0.15, -0.1) is 11.3 Å². The van der Waals surface area contributed by atoms with Crippen LogP contribution in [0.4, 0.5) is 0 Å². The molecule has 0 saturated carbocycles. The molecular formula is C10H15ClN2OS. The predicted octanol–water partition coefficient (Wildman–Crippen LogP) is 2.32. The predicted molar refractivity (Wildman–Crippen MR) is 64.2 cm³/mol. The maximum atomic E-state index is 10.7. The summed E-state index contributed by atoms with van der Waals surface area (Å²) in [6, 6.07) is 2.19. The average molecular weight is 247 g/mol. The molecule has 0 saturated heterocycles. The van der Waals surface area contributed by atoms with Crippen LogP contribution in [0.25, 0.3) is 0 Å². The lowest BCUT2D eigenvalue weighted by molar-refractivity contribution is -0.118. The van der Waals surface area contributed by atoms with Crippen LogP contribution in [-0.2, 0) is 4.79 Å². The SMILES string of the molecule is CC(CC(N)=O)NC(C)c1csc(Cl)c1. The molecule has 0 fully saturated rings. The molecule has 0 aliphatic carbocycles. The molecule has 0 aliphatic heterocycles. The standard InChI is InChI=1S/C10H15ClN2OS/c1-6(3-10(12)14)13-7(2)8-4-9(11)15-5-8/h4-7,13H,3H2,1-2H3,(H2,12,14). The van der Waals surface area contributed by atoms with Gasteiger partial charge in [0.25, 0.3) is 0 Å². The molecule has 1 amide bonds. The number of amides is 1. The first-order valence-electron chi connectivity index (χ1n) is 4.77. The summed E-state index contributed by atoms with van der Waals surface area (Å²) in [4.78, 5) is 10.7. The van der Waals surface area contributed by atoms with Crippen molar-refractivity contribution in [3.05, 3.63) is 21.3 Å². The smallest absolute Gasteiger partial charge is 0.218 e. The number of nitrogens with one attached hydrogen (secondary N) is 1. The molecule has 1 rings (SSSR count). The second-order valence-electron chi connectivity index (χ2n) is 3.64. The second-order valence-corrected chi connectivity index (χ2v) is 5.19. The molecular weight excluding hydrogens is 232 g/mol. The Morgan fingerprint density at radius 2 is 2.33 bits per heavy atom. The van der Waals surface area contributed by atoms with Crippen molar-refractivity contribution in [1.82, 2.24) is 5.32 Å². The summed E-state index contributed by atoms with van der Waals surface area (Å²) in [6.45, 7) is 3.98. The molecule has 1 heterocycles. The number of carbonyl (C=O) groups excluding carboxylic acids is 1. The van der Waals surface area contributed by atoms with Gasteiger partial charge in [-0.2, -0.15) is 0 Å². The highest BCUT2D eigenvalue weighted by Gasteiger charge is 2.12. The van der Waals surface area contributed by atoms with Gasteiger partial charge in [-0.25, -0.2) is 0 Å². The van der Waals surface area contributed by atoms with E-state index in [4.69, 9.17) is 17.3 Å². The molecule has 2 atom stereocenters. The minimum atomic E-state index is -0.287. The number of thiophene rings is 1. The fraction of sp³-hybridized carbons (Fsp3) is 0.500.